The molecule has 2 aliphatic rings. The van der Waals surface area contributed by atoms with E-state index >= 15 is 0 Å². The predicted molar refractivity (Wildman–Crippen MR) is 86.1 cm³/mol. The molecule has 132 valence electrons. The lowest BCUT2D eigenvalue weighted by atomic mass is 10.1. The summed E-state index contributed by atoms with van der Waals surface area (Å²) in [5.41, 5.74) is 0. The Balaban J connectivity index is 1.48. The van der Waals surface area contributed by atoms with Gasteiger partial charge in [0.1, 0.15) is 6.61 Å². The van der Waals surface area contributed by atoms with Crippen LogP contribution in [0.2, 0.25) is 0 Å². The van der Waals surface area contributed by atoms with E-state index in [2.05, 4.69) is 15.1 Å². The number of carbonyl (C=O) groups excluding carboxylic acids is 2. The largest absolute Gasteiger partial charge is 0.457 e. The van der Waals surface area contributed by atoms with E-state index in [1.807, 2.05) is 0 Å². The molecule has 1 N–H and O–H groups in total. The predicted octanol–water partition coefficient (Wildman–Crippen LogP) is -0.146. The van der Waals surface area contributed by atoms with Crippen molar-refractivity contribution in [2.45, 2.75) is 25.7 Å². The van der Waals surface area contributed by atoms with E-state index < -0.39 is 11.9 Å². The summed E-state index contributed by atoms with van der Waals surface area (Å²) >= 11 is 0. The van der Waals surface area contributed by atoms with Gasteiger partial charge in [0.15, 0.2) is 0 Å². The molecule has 2 fully saturated rings. The maximum Gasteiger partial charge on any atom is 0.417 e. The Morgan fingerprint density at radius 2 is 1.39 bits per heavy atom. The van der Waals surface area contributed by atoms with E-state index in [9.17, 15) is 9.59 Å². The summed E-state index contributed by atoms with van der Waals surface area (Å²) in [5, 5.41) is 3.29. The van der Waals surface area contributed by atoms with Crippen molar-refractivity contribution >= 4 is 11.9 Å². The zero-order valence-electron chi connectivity index (χ0n) is 13.9. The molecule has 0 aromatic carbocycles. The normalized spacial score (nSPS) is 20.2. The molecule has 7 nitrogen and oxygen atoms in total. The highest BCUT2D eigenvalue weighted by molar-refractivity contribution is 6.29. The van der Waals surface area contributed by atoms with Gasteiger partial charge in [-0.1, -0.05) is 6.42 Å². The van der Waals surface area contributed by atoms with Crippen LogP contribution in [0.1, 0.15) is 25.7 Å². The minimum absolute atomic E-state index is 0.259. The number of piperidine rings is 1. The lowest BCUT2D eigenvalue weighted by molar-refractivity contribution is -0.168. The number of nitrogens with one attached hydrogen (secondary N) is 1. The van der Waals surface area contributed by atoms with Crippen LogP contribution in [0.5, 0.6) is 0 Å². The van der Waals surface area contributed by atoms with Crippen LogP contribution in [0.3, 0.4) is 0 Å². The van der Waals surface area contributed by atoms with Crippen LogP contribution < -0.4 is 5.32 Å². The number of carbonyl (C=O) groups is 2. The van der Waals surface area contributed by atoms with Crippen molar-refractivity contribution in [3.8, 4) is 0 Å². The summed E-state index contributed by atoms with van der Waals surface area (Å²) in [7, 11) is 0. The topological polar surface area (TPSA) is 71.1 Å². The Hall–Kier alpha value is -1.18. The first-order valence-corrected chi connectivity index (χ1v) is 8.75. The summed E-state index contributed by atoms with van der Waals surface area (Å²) < 4.78 is 9.95. The molecule has 0 aromatic rings. The van der Waals surface area contributed by atoms with Crippen LogP contribution in [0.25, 0.3) is 0 Å². The van der Waals surface area contributed by atoms with Gasteiger partial charge in [-0.3, -0.25) is 4.90 Å². The highest BCUT2D eigenvalue weighted by atomic mass is 16.6. The van der Waals surface area contributed by atoms with Crippen molar-refractivity contribution in [2.75, 3.05) is 65.6 Å². The molecule has 2 saturated heterocycles. The van der Waals surface area contributed by atoms with Crippen LogP contribution in [-0.2, 0) is 19.1 Å². The molecule has 23 heavy (non-hydrogen) atoms. The van der Waals surface area contributed by atoms with E-state index in [4.69, 9.17) is 9.47 Å². The van der Waals surface area contributed by atoms with Crippen molar-refractivity contribution < 1.29 is 19.1 Å². The fourth-order valence-electron chi connectivity index (χ4n) is 2.96. The highest BCUT2D eigenvalue weighted by Crippen LogP contribution is 2.07. The first kappa shape index (κ1) is 18.2. The first-order chi connectivity index (χ1) is 11.3. The molecule has 0 radical (unpaired) electrons. The van der Waals surface area contributed by atoms with Crippen molar-refractivity contribution in [3.63, 3.8) is 0 Å². The Morgan fingerprint density at radius 3 is 2.09 bits per heavy atom. The molecule has 0 unspecified atom stereocenters. The zero-order chi connectivity index (χ0) is 16.3. The SMILES string of the molecule is O=C(OCCCN1CCNCC1)C(=O)OCCN1CCCCC1. The molecule has 2 aliphatic heterocycles. The van der Waals surface area contributed by atoms with Gasteiger partial charge in [0.25, 0.3) is 0 Å². The Labute approximate surface area is 138 Å². The Morgan fingerprint density at radius 1 is 0.783 bits per heavy atom. The van der Waals surface area contributed by atoms with E-state index in [0.717, 1.165) is 52.2 Å². The summed E-state index contributed by atoms with van der Waals surface area (Å²) in [6, 6.07) is 0. The molecule has 2 heterocycles. The van der Waals surface area contributed by atoms with Crippen molar-refractivity contribution in [1.82, 2.24) is 15.1 Å². The van der Waals surface area contributed by atoms with Gasteiger partial charge in [-0.15, -0.1) is 0 Å². The third kappa shape index (κ3) is 7.28. The zero-order valence-corrected chi connectivity index (χ0v) is 13.9. The van der Waals surface area contributed by atoms with Gasteiger partial charge in [-0.2, -0.15) is 0 Å². The highest BCUT2D eigenvalue weighted by Gasteiger charge is 2.18. The molecule has 7 heteroatoms. The average Bonchev–Trinajstić information content (AvgIpc) is 2.60. The molecule has 0 spiro atoms. The smallest absolute Gasteiger partial charge is 0.417 e. The number of piperazine rings is 1. The molecule has 0 atom stereocenters. The minimum Gasteiger partial charge on any atom is -0.457 e. The van der Waals surface area contributed by atoms with Crippen LogP contribution in [0.15, 0.2) is 0 Å². The van der Waals surface area contributed by atoms with E-state index in [0.29, 0.717) is 6.54 Å². The summed E-state index contributed by atoms with van der Waals surface area (Å²) in [5.74, 6) is -1.74. The molecule has 0 amide bonds. The van der Waals surface area contributed by atoms with E-state index in [-0.39, 0.29) is 13.2 Å². The number of ether oxygens (including phenoxy) is 2. The maximum atomic E-state index is 11.5. The first-order valence-electron chi connectivity index (χ1n) is 8.75. The monoisotopic (exact) mass is 327 g/mol. The van der Waals surface area contributed by atoms with Gasteiger partial charge < -0.3 is 19.7 Å². The molecule has 2 rings (SSSR count). The molecule has 0 saturated carbocycles. The molecule has 0 bridgehead atoms. The third-order valence-electron chi connectivity index (χ3n) is 4.32. The lowest BCUT2D eigenvalue weighted by Gasteiger charge is -2.26. The quantitative estimate of drug-likeness (QED) is 0.396. The van der Waals surface area contributed by atoms with Crippen molar-refractivity contribution in [3.05, 3.63) is 0 Å². The van der Waals surface area contributed by atoms with Gasteiger partial charge in [-0.25, -0.2) is 9.59 Å². The van der Waals surface area contributed by atoms with Gasteiger partial charge in [0.2, 0.25) is 0 Å². The Kier molecular flexibility index (Phi) is 8.35. The number of rotatable bonds is 7. The van der Waals surface area contributed by atoms with Crippen LogP contribution in [0.4, 0.5) is 0 Å². The summed E-state index contributed by atoms with van der Waals surface area (Å²) in [6.07, 6.45) is 4.41. The number of nitrogens with zero attached hydrogens (tertiary/aromatic N) is 2. The van der Waals surface area contributed by atoms with Crippen molar-refractivity contribution in [1.29, 1.82) is 0 Å². The summed E-state index contributed by atoms with van der Waals surface area (Å²) in [4.78, 5) is 27.7. The standard InChI is InChI=1S/C16H29N3O4/c20-15(22-13-4-9-19-10-5-17-6-11-19)16(21)23-14-12-18-7-2-1-3-8-18/h17H,1-14H2. The van der Waals surface area contributed by atoms with E-state index in [1.54, 1.807) is 0 Å². The van der Waals surface area contributed by atoms with Crippen LogP contribution >= 0.6 is 0 Å². The minimum atomic E-state index is -0.871. The fourth-order valence-corrected chi connectivity index (χ4v) is 2.96. The molecular formula is C16H29N3O4. The lowest BCUT2D eigenvalue weighted by Crippen LogP contribution is -2.44. The van der Waals surface area contributed by atoms with Gasteiger partial charge in [0.05, 0.1) is 6.61 Å². The molecular weight excluding hydrogens is 298 g/mol. The van der Waals surface area contributed by atoms with E-state index in [1.165, 1.54) is 19.3 Å². The molecule has 0 aliphatic carbocycles. The van der Waals surface area contributed by atoms with Gasteiger partial charge >= 0.3 is 11.9 Å². The number of likely N-dealkylation sites (tertiary alicyclic amines) is 1. The van der Waals surface area contributed by atoms with Crippen molar-refractivity contribution in [2.24, 2.45) is 0 Å². The van der Waals surface area contributed by atoms with Crippen LogP contribution in [0, 0.1) is 0 Å². The second kappa shape index (κ2) is 10.6. The fraction of sp³-hybridized carbons (Fsp3) is 0.875. The number of hydrogen-bond donors (Lipinski definition) is 1. The second-order valence-corrected chi connectivity index (χ2v) is 6.12. The van der Waals surface area contributed by atoms with Gasteiger partial charge in [0, 0.05) is 39.3 Å². The van der Waals surface area contributed by atoms with Crippen LogP contribution in [-0.4, -0.2) is 87.3 Å². The Bertz CT molecular complexity index is 366. The third-order valence-corrected chi connectivity index (χ3v) is 4.32. The average molecular weight is 327 g/mol. The second-order valence-electron chi connectivity index (χ2n) is 6.12. The van der Waals surface area contributed by atoms with Gasteiger partial charge in [-0.05, 0) is 32.4 Å². The number of esters is 2. The maximum absolute atomic E-state index is 11.5. The number of hydrogen-bond acceptors (Lipinski definition) is 7. The molecule has 0 aromatic heterocycles. The summed E-state index contributed by atoms with van der Waals surface area (Å²) in [6.45, 7) is 8.26.